The number of hydrogen-bond acceptors (Lipinski definition) is 2. The molecule has 14 heavy (non-hydrogen) atoms. The summed E-state index contributed by atoms with van der Waals surface area (Å²) in [5, 5.41) is 10.3. The monoisotopic (exact) mass is 204 g/mol. The summed E-state index contributed by atoms with van der Waals surface area (Å²) < 4.78 is 36.3. The van der Waals surface area contributed by atoms with Gasteiger partial charge in [0, 0.05) is 11.6 Å². The molecule has 0 saturated heterocycles. The smallest absolute Gasteiger partial charge is 0.258 e. The molecule has 1 aromatic rings. The number of hydrogen-bond donors (Lipinski definition) is 0. The van der Waals surface area contributed by atoms with E-state index >= 15 is 0 Å². The van der Waals surface area contributed by atoms with Gasteiger partial charge in [-0.3, -0.25) is 10.1 Å². The third-order valence-electron chi connectivity index (χ3n) is 1.60. The second-order valence-corrected chi connectivity index (χ2v) is 2.60. The number of benzene rings is 1. The summed E-state index contributed by atoms with van der Waals surface area (Å²) in [6.45, 7) is 3.17. The summed E-state index contributed by atoms with van der Waals surface area (Å²) in [5.41, 5.74) is -1.60. The molecule has 0 saturated carbocycles. The van der Waals surface area contributed by atoms with Gasteiger partial charge in [-0.25, -0.2) is 0 Å². The van der Waals surface area contributed by atoms with E-state index in [1.807, 2.05) is 0 Å². The zero-order chi connectivity index (χ0) is 10.9. The molecular formula is C8H5F3NO2. The molecule has 1 rings (SSSR count). The van der Waals surface area contributed by atoms with Crippen molar-refractivity contribution in [2.75, 3.05) is 0 Å². The Kier molecular flexibility index (Phi) is 2.46. The van der Waals surface area contributed by atoms with E-state index in [4.69, 9.17) is 0 Å². The van der Waals surface area contributed by atoms with Crippen LogP contribution >= 0.6 is 0 Å². The highest BCUT2D eigenvalue weighted by molar-refractivity contribution is 5.45. The maximum absolute atomic E-state index is 12.1. The lowest BCUT2D eigenvalue weighted by Crippen LogP contribution is -2.05. The predicted octanol–water partition coefficient (Wildman–Crippen LogP) is 2.80. The molecule has 0 aromatic heterocycles. The maximum atomic E-state index is 12.1. The van der Waals surface area contributed by atoms with E-state index in [0.717, 1.165) is 6.07 Å². The van der Waals surface area contributed by atoms with E-state index in [9.17, 15) is 23.3 Å². The first-order chi connectivity index (χ1) is 6.32. The number of halogens is 3. The van der Waals surface area contributed by atoms with Crippen LogP contribution in [0.5, 0.6) is 0 Å². The van der Waals surface area contributed by atoms with Gasteiger partial charge in [0.25, 0.3) is 5.69 Å². The van der Waals surface area contributed by atoms with E-state index in [2.05, 4.69) is 6.92 Å². The number of rotatable bonds is 1. The quantitative estimate of drug-likeness (QED) is 0.521. The van der Waals surface area contributed by atoms with Crippen molar-refractivity contribution in [1.29, 1.82) is 0 Å². The lowest BCUT2D eigenvalue weighted by atomic mass is 10.1. The molecule has 0 bridgehead atoms. The Hall–Kier alpha value is -1.59. The molecule has 0 fully saturated rings. The second-order valence-electron chi connectivity index (χ2n) is 2.60. The van der Waals surface area contributed by atoms with E-state index in [0.29, 0.717) is 12.1 Å². The molecule has 3 nitrogen and oxygen atoms in total. The van der Waals surface area contributed by atoms with Crippen molar-refractivity contribution in [3.05, 3.63) is 46.4 Å². The van der Waals surface area contributed by atoms with Crippen molar-refractivity contribution in [2.45, 2.75) is 6.18 Å². The molecule has 0 unspecified atom stereocenters. The first-order valence-electron chi connectivity index (χ1n) is 3.50. The van der Waals surface area contributed by atoms with E-state index in [1.165, 1.54) is 0 Å². The van der Waals surface area contributed by atoms with Crippen LogP contribution in [0.15, 0.2) is 18.2 Å². The van der Waals surface area contributed by atoms with Crippen molar-refractivity contribution in [3.8, 4) is 0 Å². The molecule has 75 valence electrons. The summed E-state index contributed by atoms with van der Waals surface area (Å²) >= 11 is 0. The van der Waals surface area contributed by atoms with Crippen LogP contribution in [0.2, 0.25) is 0 Å². The summed E-state index contributed by atoms with van der Waals surface area (Å²) in [7, 11) is 0. The highest BCUT2D eigenvalue weighted by Gasteiger charge is 2.31. The summed E-state index contributed by atoms with van der Waals surface area (Å²) in [5.74, 6) is 0. The van der Waals surface area contributed by atoms with E-state index in [1.54, 1.807) is 0 Å². The Labute approximate surface area is 77.3 Å². The average molecular weight is 204 g/mol. The minimum atomic E-state index is -4.50. The lowest BCUT2D eigenvalue weighted by molar-refractivity contribution is -0.385. The second kappa shape index (κ2) is 3.28. The molecule has 0 amide bonds. The largest absolute Gasteiger partial charge is 0.416 e. The van der Waals surface area contributed by atoms with Crippen LogP contribution in [0, 0.1) is 17.0 Å². The van der Waals surface area contributed by atoms with Crippen LogP contribution in [0.25, 0.3) is 0 Å². The van der Waals surface area contributed by atoms with Crippen molar-refractivity contribution in [1.82, 2.24) is 0 Å². The van der Waals surface area contributed by atoms with Gasteiger partial charge in [-0.15, -0.1) is 0 Å². The van der Waals surface area contributed by atoms with Gasteiger partial charge < -0.3 is 0 Å². The van der Waals surface area contributed by atoms with Gasteiger partial charge in [0.15, 0.2) is 0 Å². The van der Waals surface area contributed by atoms with Gasteiger partial charge in [-0.1, -0.05) is 0 Å². The molecule has 0 aliphatic carbocycles. The van der Waals surface area contributed by atoms with Crippen molar-refractivity contribution in [2.24, 2.45) is 0 Å². The Morgan fingerprint density at radius 3 is 2.29 bits per heavy atom. The highest BCUT2D eigenvalue weighted by atomic mass is 19.4. The summed E-state index contributed by atoms with van der Waals surface area (Å²) in [4.78, 5) is 9.49. The zero-order valence-electron chi connectivity index (χ0n) is 6.84. The first-order valence-corrected chi connectivity index (χ1v) is 3.50. The van der Waals surface area contributed by atoms with Gasteiger partial charge in [-0.2, -0.15) is 13.2 Å². The SMILES string of the molecule is [CH2]c1cc(C(F)(F)F)ccc1[N+](=O)[O-]. The normalized spacial score (nSPS) is 11.4. The topological polar surface area (TPSA) is 43.1 Å². The predicted molar refractivity (Wildman–Crippen MR) is 42.6 cm³/mol. The van der Waals surface area contributed by atoms with Crippen LogP contribution in [0.4, 0.5) is 18.9 Å². The standard InChI is InChI=1S/C8H5F3NO2/c1-5-4-6(8(9,10)11)2-3-7(5)12(13)14/h2-4H,1H2. The molecular weight excluding hydrogens is 199 g/mol. The van der Waals surface area contributed by atoms with E-state index < -0.39 is 22.4 Å². The Balaban J connectivity index is 3.20. The van der Waals surface area contributed by atoms with Crippen molar-refractivity contribution >= 4 is 5.69 Å². The zero-order valence-corrected chi connectivity index (χ0v) is 6.84. The Bertz CT molecular complexity index is 373. The molecule has 0 atom stereocenters. The third kappa shape index (κ3) is 2.01. The third-order valence-corrected chi connectivity index (χ3v) is 1.60. The van der Waals surface area contributed by atoms with Crippen LogP contribution in [0.1, 0.15) is 11.1 Å². The number of nitrogens with zero attached hydrogens (tertiary/aromatic N) is 1. The molecule has 6 heteroatoms. The maximum Gasteiger partial charge on any atom is 0.416 e. The number of nitro groups is 1. The van der Waals surface area contributed by atoms with Crippen LogP contribution in [-0.2, 0) is 6.18 Å². The molecule has 0 aliphatic rings. The van der Waals surface area contributed by atoms with Gasteiger partial charge in [0.1, 0.15) is 0 Å². The fourth-order valence-corrected chi connectivity index (χ4v) is 0.940. The highest BCUT2D eigenvalue weighted by Crippen LogP contribution is 2.31. The summed E-state index contributed by atoms with van der Waals surface area (Å²) in [6, 6.07) is 2.11. The van der Waals surface area contributed by atoms with Gasteiger partial charge in [0.05, 0.1) is 10.5 Å². The van der Waals surface area contributed by atoms with Gasteiger partial charge in [0.2, 0.25) is 0 Å². The van der Waals surface area contributed by atoms with Crippen LogP contribution in [0.3, 0.4) is 0 Å². The van der Waals surface area contributed by atoms with Gasteiger partial charge >= 0.3 is 6.18 Å². The molecule has 0 spiro atoms. The first kappa shape index (κ1) is 10.5. The minimum absolute atomic E-state index is 0.246. The Morgan fingerprint density at radius 1 is 1.36 bits per heavy atom. The molecule has 1 aromatic carbocycles. The van der Waals surface area contributed by atoms with Gasteiger partial charge in [-0.05, 0) is 19.1 Å². The fraction of sp³-hybridized carbons (Fsp3) is 0.125. The average Bonchev–Trinajstić information content (AvgIpc) is 2.01. The molecule has 0 heterocycles. The van der Waals surface area contributed by atoms with Crippen LogP contribution in [-0.4, -0.2) is 4.92 Å². The molecule has 0 aliphatic heterocycles. The van der Waals surface area contributed by atoms with Crippen LogP contribution < -0.4 is 0 Å². The number of alkyl halides is 3. The van der Waals surface area contributed by atoms with Crippen molar-refractivity contribution in [3.63, 3.8) is 0 Å². The fourth-order valence-electron chi connectivity index (χ4n) is 0.940. The molecule has 0 N–H and O–H groups in total. The minimum Gasteiger partial charge on any atom is -0.258 e. The molecule has 1 radical (unpaired) electrons. The summed E-state index contributed by atoms with van der Waals surface area (Å²) in [6.07, 6.45) is -4.50. The van der Waals surface area contributed by atoms with Crippen molar-refractivity contribution < 1.29 is 18.1 Å². The number of nitro benzene ring substituents is 1. The lowest BCUT2D eigenvalue weighted by Gasteiger charge is -2.06. The Morgan fingerprint density at radius 2 is 1.93 bits per heavy atom. The van der Waals surface area contributed by atoms with E-state index in [-0.39, 0.29) is 5.56 Å².